The Bertz CT molecular complexity index is 527. The smallest absolute Gasteiger partial charge is 0.355 e. The highest BCUT2D eigenvalue weighted by Gasteiger charge is 2.28. The lowest BCUT2D eigenvalue weighted by Gasteiger charge is -2.19. The van der Waals surface area contributed by atoms with Crippen molar-refractivity contribution in [1.29, 1.82) is 0 Å². The van der Waals surface area contributed by atoms with Gasteiger partial charge in [-0.3, -0.25) is 9.89 Å². The summed E-state index contributed by atoms with van der Waals surface area (Å²) in [6, 6.07) is 6.22. The number of aliphatic imine (C=N–C) groups is 1. The molecule has 0 unspecified atom stereocenters. The average molecular weight is 330 g/mol. The third-order valence-electron chi connectivity index (χ3n) is 3.40. The molecule has 0 aromatic heterocycles. The fourth-order valence-electron chi connectivity index (χ4n) is 2.19. The van der Waals surface area contributed by atoms with Crippen molar-refractivity contribution in [3.05, 3.63) is 34.9 Å². The molecule has 0 aliphatic carbocycles. The molecule has 130 valence electrons. The van der Waals surface area contributed by atoms with Gasteiger partial charge in [0.25, 0.3) is 0 Å². The summed E-state index contributed by atoms with van der Waals surface area (Å²) >= 11 is 0. The molecular formula is C16H25F3N4. The van der Waals surface area contributed by atoms with Gasteiger partial charge in [0.1, 0.15) is 0 Å². The second-order valence-electron chi connectivity index (χ2n) is 5.64. The van der Waals surface area contributed by atoms with Crippen molar-refractivity contribution >= 4 is 5.96 Å². The Kier molecular flexibility index (Phi) is 7.35. The topological polar surface area (TPSA) is 39.7 Å². The second kappa shape index (κ2) is 8.76. The Hall–Kier alpha value is -1.76. The van der Waals surface area contributed by atoms with Crippen LogP contribution >= 0.6 is 0 Å². The summed E-state index contributed by atoms with van der Waals surface area (Å²) in [6.45, 7) is 4.46. The predicted octanol–water partition coefficient (Wildman–Crippen LogP) is 2.46. The van der Waals surface area contributed by atoms with Crippen LogP contribution in [0.25, 0.3) is 0 Å². The Morgan fingerprint density at radius 2 is 1.91 bits per heavy atom. The van der Waals surface area contributed by atoms with Crippen LogP contribution in [0.5, 0.6) is 0 Å². The molecule has 0 atom stereocenters. The summed E-state index contributed by atoms with van der Waals surface area (Å²) in [6.07, 6.45) is -4.17. The van der Waals surface area contributed by atoms with E-state index in [9.17, 15) is 13.2 Å². The summed E-state index contributed by atoms with van der Waals surface area (Å²) in [5.74, 6) is 0.574. The number of nitrogens with zero attached hydrogens (tertiary/aromatic N) is 2. The second-order valence-corrected chi connectivity index (χ2v) is 5.64. The maximum atomic E-state index is 12.2. The maximum absolute atomic E-state index is 12.2. The van der Waals surface area contributed by atoms with Gasteiger partial charge in [-0.05, 0) is 32.0 Å². The predicted molar refractivity (Wildman–Crippen MR) is 87.7 cm³/mol. The number of hydrogen-bond acceptors (Lipinski definition) is 2. The molecular weight excluding hydrogens is 305 g/mol. The number of likely N-dealkylation sites (N-methyl/N-ethyl adjacent to an activating group) is 1. The molecule has 4 nitrogen and oxygen atoms in total. The normalized spacial score (nSPS) is 12.6. The molecule has 7 heteroatoms. The molecule has 0 amide bonds. The zero-order valence-corrected chi connectivity index (χ0v) is 14.1. The van der Waals surface area contributed by atoms with E-state index in [2.05, 4.69) is 27.8 Å². The van der Waals surface area contributed by atoms with Crippen LogP contribution in [0, 0.1) is 13.8 Å². The first kappa shape index (κ1) is 19.3. The highest BCUT2D eigenvalue weighted by molar-refractivity contribution is 5.79. The van der Waals surface area contributed by atoms with Crippen molar-refractivity contribution < 1.29 is 13.2 Å². The maximum Gasteiger partial charge on any atom is 0.401 e. The minimum atomic E-state index is -4.17. The van der Waals surface area contributed by atoms with Gasteiger partial charge < -0.3 is 10.6 Å². The van der Waals surface area contributed by atoms with Crippen molar-refractivity contribution in [2.75, 3.05) is 33.7 Å². The van der Waals surface area contributed by atoms with Crippen molar-refractivity contribution in [3.8, 4) is 0 Å². The zero-order valence-electron chi connectivity index (χ0n) is 14.1. The van der Waals surface area contributed by atoms with Gasteiger partial charge in [-0.25, -0.2) is 0 Å². The van der Waals surface area contributed by atoms with Gasteiger partial charge >= 0.3 is 6.18 Å². The summed E-state index contributed by atoms with van der Waals surface area (Å²) in [5.41, 5.74) is 3.56. The number of aryl methyl sites for hydroxylation is 2. The first-order chi connectivity index (χ1) is 10.7. The van der Waals surface area contributed by atoms with E-state index in [1.807, 2.05) is 19.9 Å². The molecule has 0 spiro atoms. The van der Waals surface area contributed by atoms with Crippen LogP contribution in [0.4, 0.5) is 13.2 Å². The molecule has 0 fully saturated rings. The van der Waals surface area contributed by atoms with Crippen LogP contribution in [-0.4, -0.2) is 50.8 Å². The number of alkyl halides is 3. The van der Waals surface area contributed by atoms with E-state index in [4.69, 9.17) is 0 Å². The third kappa shape index (κ3) is 7.88. The van der Waals surface area contributed by atoms with Crippen molar-refractivity contribution in [1.82, 2.24) is 15.5 Å². The van der Waals surface area contributed by atoms with Gasteiger partial charge in [-0.1, -0.05) is 23.8 Å². The SMILES string of the molecule is CN=C(NCCN(C)CC(F)(F)F)NCc1ccc(C)cc1C. The Morgan fingerprint density at radius 3 is 2.48 bits per heavy atom. The van der Waals surface area contributed by atoms with E-state index >= 15 is 0 Å². The lowest BCUT2D eigenvalue weighted by atomic mass is 10.1. The quantitative estimate of drug-likeness (QED) is 0.622. The molecule has 0 bridgehead atoms. The summed E-state index contributed by atoms with van der Waals surface area (Å²) < 4.78 is 36.7. The van der Waals surface area contributed by atoms with Gasteiger partial charge in [0, 0.05) is 26.7 Å². The number of hydrogen-bond donors (Lipinski definition) is 2. The van der Waals surface area contributed by atoms with Gasteiger partial charge in [0.05, 0.1) is 6.54 Å². The molecule has 23 heavy (non-hydrogen) atoms. The number of halogens is 3. The standard InChI is InChI=1S/C16H25F3N4/c1-12-5-6-14(13(2)9-12)10-22-15(20-3)21-7-8-23(4)11-16(17,18)19/h5-6,9H,7-8,10-11H2,1-4H3,(H2,20,21,22). The van der Waals surface area contributed by atoms with Crippen molar-refractivity contribution in [2.24, 2.45) is 4.99 Å². The minimum Gasteiger partial charge on any atom is -0.355 e. The number of benzene rings is 1. The van der Waals surface area contributed by atoms with Gasteiger partial charge in [-0.2, -0.15) is 13.2 Å². The first-order valence-electron chi connectivity index (χ1n) is 7.47. The molecule has 0 aliphatic rings. The molecule has 0 aliphatic heterocycles. The fraction of sp³-hybridized carbons (Fsp3) is 0.562. The van der Waals surface area contributed by atoms with Crippen LogP contribution in [0.2, 0.25) is 0 Å². The van der Waals surface area contributed by atoms with E-state index in [0.29, 0.717) is 19.0 Å². The third-order valence-corrected chi connectivity index (χ3v) is 3.40. The molecule has 0 saturated carbocycles. The summed E-state index contributed by atoms with van der Waals surface area (Å²) in [5, 5.41) is 6.18. The molecule has 0 radical (unpaired) electrons. The van der Waals surface area contributed by atoms with Gasteiger partial charge in [0.2, 0.25) is 0 Å². The van der Waals surface area contributed by atoms with Gasteiger partial charge in [0.15, 0.2) is 5.96 Å². The van der Waals surface area contributed by atoms with Crippen LogP contribution < -0.4 is 10.6 Å². The van der Waals surface area contributed by atoms with Crippen LogP contribution in [0.3, 0.4) is 0 Å². The Labute approximate surface area is 135 Å². The van der Waals surface area contributed by atoms with E-state index in [1.165, 1.54) is 23.1 Å². The lowest BCUT2D eigenvalue weighted by molar-refractivity contribution is -0.142. The molecule has 0 heterocycles. The van der Waals surface area contributed by atoms with Crippen LogP contribution in [-0.2, 0) is 6.54 Å². The van der Waals surface area contributed by atoms with Gasteiger partial charge in [-0.15, -0.1) is 0 Å². The molecule has 1 rings (SSSR count). The number of guanidine groups is 1. The largest absolute Gasteiger partial charge is 0.401 e. The first-order valence-corrected chi connectivity index (χ1v) is 7.47. The zero-order chi connectivity index (χ0) is 17.5. The van der Waals surface area contributed by atoms with E-state index in [1.54, 1.807) is 7.05 Å². The molecule has 1 aromatic rings. The lowest BCUT2D eigenvalue weighted by Crippen LogP contribution is -2.42. The van der Waals surface area contributed by atoms with E-state index in [0.717, 1.165) is 5.56 Å². The number of rotatable bonds is 6. The highest BCUT2D eigenvalue weighted by atomic mass is 19.4. The monoisotopic (exact) mass is 330 g/mol. The van der Waals surface area contributed by atoms with Crippen LogP contribution in [0.1, 0.15) is 16.7 Å². The van der Waals surface area contributed by atoms with Crippen molar-refractivity contribution in [3.63, 3.8) is 0 Å². The van der Waals surface area contributed by atoms with Crippen LogP contribution in [0.15, 0.2) is 23.2 Å². The van der Waals surface area contributed by atoms with E-state index in [-0.39, 0.29) is 6.54 Å². The fourth-order valence-corrected chi connectivity index (χ4v) is 2.19. The molecule has 2 N–H and O–H groups in total. The average Bonchev–Trinajstić information content (AvgIpc) is 2.42. The molecule has 1 aromatic carbocycles. The van der Waals surface area contributed by atoms with Crippen molar-refractivity contribution in [2.45, 2.75) is 26.6 Å². The molecule has 0 saturated heterocycles. The Balaban J connectivity index is 2.38. The summed E-state index contributed by atoms with van der Waals surface area (Å²) in [7, 11) is 3.08. The minimum absolute atomic E-state index is 0.282. The van der Waals surface area contributed by atoms with E-state index < -0.39 is 12.7 Å². The highest BCUT2D eigenvalue weighted by Crippen LogP contribution is 2.15. The number of nitrogens with one attached hydrogen (secondary N) is 2. The Morgan fingerprint density at radius 1 is 1.22 bits per heavy atom. The summed E-state index contributed by atoms with van der Waals surface area (Å²) in [4.78, 5) is 5.30.